The zero-order valence-corrected chi connectivity index (χ0v) is 15.4. The molecule has 1 aliphatic heterocycles. The molecule has 0 radical (unpaired) electrons. The monoisotopic (exact) mass is 378 g/mol. The van der Waals surface area contributed by atoms with Gasteiger partial charge < -0.3 is 9.47 Å². The molecule has 0 atom stereocenters. The van der Waals surface area contributed by atoms with Crippen LogP contribution in [-0.2, 0) is 10.5 Å². The van der Waals surface area contributed by atoms with Gasteiger partial charge in [-0.25, -0.2) is 5.43 Å². The molecule has 0 bridgehead atoms. The summed E-state index contributed by atoms with van der Waals surface area (Å²) in [5.74, 6) is 2.42. The highest BCUT2D eigenvalue weighted by molar-refractivity contribution is 7.99. The molecule has 0 saturated carbocycles. The molecule has 0 aliphatic carbocycles. The molecular weight excluding hydrogens is 360 g/mol. The number of nitrogens with one attached hydrogen (secondary N) is 1. The Balaban J connectivity index is 1.24. The van der Waals surface area contributed by atoms with E-state index in [1.165, 1.54) is 16.3 Å². The first kappa shape index (κ1) is 17.4. The predicted octanol–water partition coefficient (Wildman–Crippen LogP) is 3.95. The van der Waals surface area contributed by atoms with Crippen LogP contribution in [0.4, 0.5) is 0 Å². The highest BCUT2D eigenvalue weighted by Crippen LogP contribution is 2.31. The number of hydrogen-bond acceptors (Lipinski definition) is 5. The van der Waals surface area contributed by atoms with Gasteiger partial charge in [-0.3, -0.25) is 4.79 Å². The summed E-state index contributed by atoms with van der Waals surface area (Å²) in [5.41, 5.74) is 4.59. The summed E-state index contributed by atoms with van der Waals surface area (Å²) < 4.78 is 10.6. The van der Waals surface area contributed by atoms with Crippen LogP contribution in [0.3, 0.4) is 0 Å². The topological polar surface area (TPSA) is 59.9 Å². The second-order valence-electron chi connectivity index (χ2n) is 6.08. The summed E-state index contributed by atoms with van der Waals surface area (Å²) >= 11 is 1.56. The van der Waals surface area contributed by atoms with E-state index < -0.39 is 0 Å². The second-order valence-corrected chi connectivity index (χ2v) is 7.07. The SMILES string of the molecule is O=C(CSCc1ccc2ccccc2c1)N/N=C\c1ccc2c(c1)OCO2. The largest absolute Gasteiger partial charge is 0.454 e. The van der Waals surface area contributed by atoms with E-state index in [-0.39, 0.29) is 12.7 Å². The summed E-state index contributed by atoms with van der Waals surface area (Å²) in [6.07, 6.45) is 1.59. The molecule has 0 fully saturated rings. The van der Waals surface area contributed by atoms with Crippen molar-refractivity contribution in [3.63, 3.8) is 0 Å². The van der Waals surface area contributed by atoms with Crippen molar-refractivity contribution in [2.24, 2.45) is 5.10 Å². The highest BCUT2D eigenvalue weighted by atomic mass is 32.2. The van der Waals surface area contributed by atoms with Crippen molar-refractivity contribution in [2.75, 3.05) is 12.5 Å². The molecule has 3 aromatic rings. The Kier molecular flexibility index (Phi) is 5.25. The number of nitrogens with zero attached hydrogens (tertiary/aromatic N) is 1. The molecule has 0 aromatic heterocycles. The van der Waals surface area contributed by atoms with E-state index in [2.05, 4.69) is 40.9 Å². The molecule has 27 heavy (non-hydrogen) atoms. The number of thioether (sulfide) groups is 1. The summed E-state index contributed by atoms with van der Waals surface area (Å²) in [6, 6.07) is 20.1. The van der Waals surface area contributed by atoms with Gasteiger partial charge in [0.15, 0.2) is 11.5 Å². The number of rotatable bonds is 6. The number of carbonyl (C=O) groups excluding carboxylic acids is 1. The number of hydrogen-bond donors (Lipinski definition) is 1. The molecule has 4 rings (SSSR count). The van der Waals surface area contributed by atoms with Crippen LogP contribution in [0.2, 0.25) is 0 Å². The number of ether oxygens (including phenoxy) is 2. The van der Waals surface area contributed by atoms with E-state index in [0.29, 0.717) is 11.5 Å². The Labute approximate surface area is 161 Å². The molecular formula is C21H18N2O3S. The van der Waals surface area contributed by atoms with E-state index in [0.717, 1.165) is 17.1 Å². The number of fused-ring (bicyclic) bond motifs is 2. The lowest BCUT2D eigenvalue weighted by Gasteiger charge is -2.04. The molecule has 6 heteroatoms. The maximum absolute atomic E-state index is 11.9. The van der Waals surface area contributed by atoms with Gasteiger partial charge in [-0.05, 0) is 40.1 Å². The van der Waals surface area contributed by atoms with Crippen LogP contribution < -0.4 is 14.9 Å². The minimum Gasteiger partial charge on any atom is -0.454 e. The summed E-state index contributed by atoms with van der Waals surface area (Å²) in [7, 11) is 0. The molecule has 3 aromatic carbocycles. The first-order valence-electron chi connectivity index (χ1n) is 8.55. The smallest absolute Gasteiger partial charge is 0.250 e. The Morgan fingerprint density at radius 3 is 2.81 bits per heavy atom. The van der Waals surface area contributed by atoms with Crippen molar-refractivity contribution in [2.45, 2.75) is 5.75 Å². The fraction of sp³-hybridized carbons (Fsp3) is 0.143. The molecule has 0 unspecified atom stereocenters. The van der Waals surface area contributed by atoms with Crippen LogP contribution in [0, 0.1) is 0 Å². The van der Waals surface area contributed by atoms with E-state index in [4.69, 9.17) is 9.47 Å². The minimum absolute atomic E-state index is 0.127. The zero-order chi connectivity index (χ0) is 18.5. The molecule has 1 aliphatic rings. The van der Waals surface area contributed by atoms with Gasteiger partial charge in [0.2, 0.25) is 12.7 Å². The Morgan fingerprint density at radius 2 is 1.89 bits per heavy atom. The minimum atomic E-state index is -0.127. The third-order valence-electron chi connectivity index (χ3n) is 4.12. The van der Waals surface area contributed by atoms with Crippen LogP contribution in [0.25, 0.3) is 10.8 Å². The van der Waals surface area contributed by atoms with Gasteiger partial charge in [0.25, 0.3) is 0 Å². The van der Waals surface area contributed by atoms with Crippen LogP contribution in [0.1, 0.15) is 11.1 Å². The lowest BCUT2D eigenvalue weighted by Crippen LogP contribution is -2.19. The van der Waals surface area contributed by atoms with Crippen LogP contribution in [0.5, 0.6) is 11.5 Å². The van der Waals surface area contributed by atoms with Gasteiger partial charge >= 0.3 is 0 Å². The normalized spacial score (nSPS) is 12.6. The van der Waals surface area contributed by atoms with Gasteiger partial charge in [0, 0.05) is 5.75 Å². The van der Waals surface area contributed by atoms with Crippen molar-refractivity contribution in [1.29, 1.82) is 0 Å². The third kappa shape index (κ3) is 4.41. The standard InChI is InChI=1S/C21H18N2O3S/c24-21(23-22-11-15-6-8-19-20(10-15)26-14-25-19)13-27-12-16-5-7-17-3-1-2-4-18(17)9-16/h1-11H,12-14H2,(H,23,24)/b22-11-. The van der Waals surface area contributed by atoms with Crippen molar-refractivity contribution in [3.8, 4) is 11.5 Å². The number of hydrazone groups is 1. The maximum atomic E-state index is 11.9. The first-order chi connectivity index (χ1) is 13.3. The first-order valence-corrected chi connectivity index (χ1v) is 9.70. The quantitative estimate of drug-likeness (QED) is 0.521. The third-order valence-corrected chi connectivity index (χ3v) is 5.12. The van der Waals surface area contributed by atoms with E-state index in [1.54, 1.807) is 18.0 Å². The van der Waals surface area contributed by atoms with Gasteiger partial charge in [0.05, 0.1) is 12.0 Å². The molecule has 1 amide bonds. The molecule has 0 saturated heterocycles. The Morgan fingerprint density at radius 1 is 1.04 bits per heavy atom. The molecule has 0 spiro atoms. The lowest BCUT2D eigenvalue weighted by atomic mass is 10.1. The molecule has 1 N–H and O–H groups in total. The summed E-state index contributed by atoms with van der Waals surface area (Å²) in [4.78, 5) is 11.9. The van der Waals surface area contributed by atoms with Crippen LogP contribution >= 0.6 is 11.8 Å². The maximum Gasteiger partial charge on any atom is 0.250 e. The lowest BCUT2D eigenvalue weighted by molar-refractivity contribution is -0.118. The Hall–Kier alpha value is -2.99. The molecule has 5 nitrogen and oxygen atoms in total. The molecule has 136 valence electrons. The summed E-state index contributed by atoms with van der Waals surface area (Å²) in [5, 5.41) is 6.44. The second kappa shape index (κ2) is 8.14. The predicted molar refractivity (Wildman–Crippen MR) is 108 cm³/mol. The summed E-state index contributed by atoms with van der Waals surface area (Å²) in [6.45, 7) is 0.237. The van der Waals surface area contributed by atoms with E-state index in [9.17, 15) is 4.79 Å². The van der Waals surface area contributed by atoms with Crippen molar-refractivity contribution in [3.05, 3.63) is 71.8 Å². The van der Waals surface area contributed by atoms with Crippen molar-refractivity contribution in [1.82, 2.24) is 5.43 Å². The van der Waals surface area contributed by atoms with E-state index in [1.807, 2.05) is 30.3 Å². The van der Waals surface area contributed by atoms with Crippen LogP contribution in [-0.4, -0.2) is 24.7 Å². The molecule has 1 heterocycles. The number of benzene rings is 3. The average Bonchev–Trinajstić information content (AvgIpc) is 3.16. The fourth-order valence-electron chi connectivity index (χ4n) is 2.79. The zero-order valence-electron chi connectivity index (χ0n) is 14.6. The van der Waals surface area contributed by atoms with Crippen LogP contribution in [0.15, 0.2) is 65.8 Å². The van der Waals surface area contributed by atoms with Gasteiger partial charge in [-0.1, -0.05) is 42.5 Å². The van der Waals surface area contributed by atoms with Gasteiger partial charge in [0.1, 0.15) is 0 Å². The van der Waals surface area contributed by atoms with Crippen molar-refractivity contribution < 1.29 is 14.3 Å². The number of carbonyl (C=O) groups is 1. The van der Waals surface area contributed by atoms with Gasteiger partial charge in [-0.2, -0.15) is 5.10 Å². The van der Waals surface area contributed by atoms with Gasteiger partial charge in [-0.15, -0.1) is 11.8 Å². The fourth-order valence-corrected chi connectivity index (χ4v) is 3.56. The van der Waals surface area contributed by atoms with E-state index >= 15 is 0 Å². The highest BCUT2D eigenvalue weighted by Gasteiger charge is 2.12. The Bertz CT molecular complexity index is 1000. The average molecular weight is 378 g/mol. The number of amides is 1. The van der Waals surface area contributed by atoms with Crippen molar-refractivity contribution >= 4 is 34.7 Å².